The van der Waals surface area contributed by atoms with Crippen LogP contribution in [0.5, 0.6) is 5.75 Å². The number of rotatable bonds is 5. The molecule has 0 radical (unpaired) electrons. The van der Waals surface area contributed by atoms with Crippen LogP contribution in [0.15, 0.2) is 59.1 Å². The molecule has 1 N–H and O–H groups in total. The van der Waals surface area contributed by atoms with Crippen LogP contribution in [0.2, 0.25) is 0 Å². The topological polar surface area (TPSA) is 64.4 Å². The molecular formula is C19H18N2O3. The van der Waals surface area contributed by atoms with Gasteiger partial charge >= 0.3 is 0 Å². The Morgan fingerprint density at radius 1 is 1.12 bits per heavy atom. The molecule has 0 saturated heterocycles. The number of amides is 1. The van der Waals surface area contributed by atoms with Gasteiger partial charge in [0.1, 0.15) is 18.1 Å². The molecule has 0 aliphatic rings. The maximum atomic E-state index is 12.3. The predicted molar refractivity (Wildman–Crippen MR) is 91.1 cm³/mol. The van der Waals surface area contributed by atoms with Crippen molar-refractivity contribution in [2.75, 3.05) is 5.32 Å². The minimum absolute atomic E-state index is 0.177. The van der Waals surface area contributed by atoms with Crippen molar-refractivity contribution in [1.82, 2.24) is 5.16 Å². The van der Waals surface area contributed by atoms with Gasteiger partial charge in [-0.05, 0) is 44.2 Å². The summed E-state index contributed by atoms with van der Waals surface area (Å²) in [5.74, 6) is 1.19. The van der Waals surface area contributed by atoms with E-state index < -0.39 is 0 Å². The number of nitrogens with zero attached hydrogens (tertiary/aromatic N) is 1. The molecule has 0 aliphatic carbocycles. The van der Waals surface area contributed by atoms with E-state index in [0.29, 0.717) is 17.9 Å². The number of benzene rings is 2. The molecule has 0 saturated carbocycles. The van der Waals surface area contributed by atoms with Gasteiger partial charge in [-0.15, -0.1) is 0 Å². The van der Waals surface area contributed by atoms with Crippen molar-refractivity contribution < 1.29 is 14.1 Å². The Hall–Kier alpha value is -3.08. The minimum Gasteiger partial charge on any atom is -0.489 e. The van der Waals surface area contributed by atoms with Gasteiger partial charge in [0, 0.05) is 11.3 Å². The SMILES string of the molecule is Cc1noc(C)c1COc1cccc(C(=O)Nc2ccccc2)c1. The third-order valence-electron chi connectivity index (χ3n) is 3.69. The maximum Gasteiger partial charge on any atom is 0.255 e. The summed E-state index contributed by atoms with van der Waals surface area (Å²) in [7, 11) is 0. The van der Waals surface area contributed by atoms with Gasteiger partial charge in [-0.2, -0.15) is 0 Å². The Morgan fingerprint density at radius 3 is 2.62 bits per heavy atom. The fourth-order valence-electron chi connectivity index (χ4n) is 2.32. The standard InChI is InChI=1S/C19H18N2O3/c1-13-18(14(2)24-21-13)12-23-17-10-6-7-15(11-17)19(22)20-16-8-4-3-5-9-16/h3-11H,12H2,1-2H3,(H,20,22). The number of aromatic nitrogens is 1. The van der Waals surface area contributed by atoms with E-state index in [1.165, 1.54) is 0 Å². The first-order valence-corrected chi connectivity index (χ1v) is 7.64. The number of aryl methyl sites for hydroxylation is 2. The van der Waals surface area contributed by atoms with Crippen LogP contribution in [-0.4, -0.2) is 11.1 Å². The van der Waals surface area contributed by atoms with Crippen LogP contribution < -0.4 is 10.1 Å². The molecule has 1 amide bonds. The highest BCUT2D eigenvalue weighted by Gasteiger charge is 2.11. The lowest BCUT2D eigenvalue weighted by Gasteiger charge is -2.09. The van der Waals surface area contributed by atoms with Crippen molar-refractivity contribution in [3.8, 4) is 5.75 Å². The molecule has 24 heavy (non-hydrogen) atoms. The molecule has 122 valence electrons. The first-order chi connectivity index (χ1) is 11.6. The summed E-state index contributed by atoms with van der Waals surface area (Å²) in [5.41, 5.74) is 3.03. The Morgan fingerprint density at radius 2 is 1.92 bits per heavy atom. The summed E-state index contributed by atoms with van der Waals surface area (Å²) < 4.78 is 10.9. The van der Waals surface area contributed by atoms with E-state index in [2.05, 4.69) is 10.5 Å². The minimum atomic E-state index is -0.177. The molecule has 1 heterocycles. The second-order valence-electron chi connectivity index (χ2n) is 5.44. The fourth-order valence-corrected chi connectivity index (χ4v) is 2.32. The van der Waals surface area contributed by atoms with E-state index in [4.69, 9.17) is 9.26 Å². The quantitative estimate of drug-likeness (QED) is 0.767. The van der Waals surface area contributed by atoms with Crippen molar-refractivity contribution >= 4 is 11.6 Å². The number of anilines is 1. The van der Waals surface area contributed by atoms with Crippen molar-refractivity contribution in [1.29, 1.82) is 0 Å². The molecule has 5 nitrogen and oxygen atoms in total. The van der Waals surface area contributed by atoms with Crippen molar-refractivity contribution in [2.24, 2.45) is 0 Å². The molecule has 3 aromatic rings. The van der Waals surface area contributed by atoms with E-state index in [0.717, 1.165) is 22.7 Å². The molecule has 2 aromatic carbocycles. The zero-order valence-electron chi connectivity index (χ0n) is 13.6. The molecule has 0 fully saturated rings. The number of hydrogen-bond acceptors (Lipinski definition) is 4. The number of carbonyl (C=O) groups excluding carboxylic acids is 1. The number of nitrogens with one attached hydrogen (secondary N) is 1. The first-order valence-electron chi connectivity index (χ1n) is 7.64. The highest BCUT2D eigenvalue weighted by Crippen LogP contribution is 2.19. The van der Waals surface area contributed by atoms with E-state index in [1.807, 2.05) is 50.2 Å². The molecule has 0 unspecified atom stereocenters. The summed E-state index contributed by atoms with van der Waals surface area (Å²) in [6.07, 6.45) is 0. The average molecular weight is 322 g/mol. The van der Waals surface area contributed by atoms with Crippen LogP contribution in [0.4, 0.5) is 5.69 Å². The predicted octanol–water partition coefficient (Wildman–Crippen LogP) is 4.12. The maximum absolute atomic E-state index is 12.3. The molecule has 0 bridgehead atoms. The zero-order valence-corrected chi connectivity index (χ0v) is 13.6. The lowest BCUT2D eigenvalue weighted by Crippen LogP contribution is -2.11. The molecule has 0 atom stereocenters. The van der Waals surface area contributed by atoms with E-state index in [9.17, 15) is 4.79 Å². The van der Waals surface area contributed by atoms with Gasteiger partial charge in [0.25, 0.3) is 5.91 Å². The summed E-state index contributed by atoms with van der Waals surface area (Å²) in [6.45, 7) is 4.08. The third kappa shape index (κ3) is 3.63. The smallest absolute Gasteiger partial charge is 0.255 e. The van der Waals surface area contributed by atoms with E-state index in [-0.39, 0.29) is 5.91 Å². The largest absolute Gasteiger partial charge is 0.489 e. The molecule has 1 aromatic heterocycles. The van der Waals surface area contributed by atoms with Gasteiger partial charge < -0.3 is 14.6 Å². The fraction of sp³-hybridized carbons (Fsp3) is 0.158. The lowest BCUT2D eigenvalue weighted by atomic mass is 10.2. The van der Waals surface area contributed by atoms with E-state index >= 15 is 0 Å². The van der Waals surface area contributed by atoms with Crippen LogP contribution in [0.3, 0.4) is 0 Å². The van der Waals surface area contributed by atoms with Crippen LogP contribution >= 0.6 is 0 Å². The molecule has 0 spiro atoms. The monoisotopic (exact) mass is 322 g/mol. The number of hydrogen-bond donors (Lipinski definition) is 1. The third-order valence-corrected chi connectivity index (χ3v) is 3.69. The van der Waals surface area contributed by atoms with Gasteiger partial charge in [0.15, 0.2) is 0 Å². The Balaban J connectivity index is 1.69. The summed E-state index contributed by atoms with van der Waals surface area (Å²) in [4.78, 5) is 12.3. The molecular weight excluding hydrogens is 304 g/mol. The Labute approximate surface area is 140 Å². The van der Waals surface area contributed by atoms with Crippen LogP contribution in [0.25, 0.3) is 0 Å². The average Bonchev–Trinajstić information content (AvgIpc) is 2.92. The van der Waals surface area contributed by atoms with Crippen molar-refractivity contribution in [3.05, 3.63) is 77.2 Å². The summed E-state index contributed by atoms with van der Waals surface area (Å²) in [5, 5.41) is 6.76. The Bertz CT molecular complexity index is 821. The lowest BCUT2D eigenvalue weighted by molar-refractivity contribution is 0.102. The number of para-hydroxylation sites is 1. The van der Waals surface area contributed by atoms with E-state index in [1.54, 1.807) is 18.2 Å². The van der Waals surface area contributed by atoms with Crippen LogP contribution in [0.1, 0.15) is 27.4 Å². The van der Waals surface area contributed by atoms with Gasteiger partial charge in [-0.25, -0.2) is 0 Å². The zero-order chi connectivity index (χ0) is 16.9. The second-order valence-corrected chi connectivity index (χ2v) is 5.44. The second kappa shape index (κ2) is 7.00. The Kier molecular flexibility index (Phi) is 4.61. The van der Waals surface area contributed by atoms with Crippen molar-refractivity contribution in [3.63, 3.8) is 0 Å². The van der Waals surface area contributed by atoms with Gasteiger partial charge in [0.05, 0.1) is 11.3 Å². The van der Waals surface area contributed by atoms with Gasteiger partial charge in [0.2, 0.25) is 0 Å². The first kappa shape index (κ1) is 15.8. The number of ether oxygens (including phenoxy) is 1. The van der Waals surface area contributed by atoms with Crippen LogP contribution in [-0.2, 0) is 6.61 Å². The highest BCUT2D eigenvalue weighted by molar-refractivity contribution is 6.04. The molecule has 0 aliphatic heterocycles. The molecule has 5 heteroatoms. The molecule has 3 rings (SSSR count). The van der Waals surface area contributed by atoms with Crippen LogP contribution in [0, 0.1) is 13.8 Å². The summed E-state index contributed by atoms with van der Waals surface area (Å²) in [6, 6.07) is 16.4. The normalized spacial score (nSPS) is 10.4. The van der Waals surface area contributed by atoms with Gasteiger partial charge in [-0.1, -0.05) is 29.4 Å². The summed E-state index contributed by atoms with van der Waals surface area (Å²) >= 11 is 0. The van der Waals surface area contributed by atoms with Gasteiger partial charge in [-0.3, -0.25) is 4.79 Å². The highest BCUT2D eigenvalue weighted by atomic mass is 16.5. The van der Waals surface area contributed by atoms with Crippen molar-refractivity contribution in [2.45, 2.75) is 20.5 Å². The number of carbonyl (C=O) groups is 1.